The van der Waals surface area contributed by atoms with E-state index < -0.39 is 0 Å². The molecule has 0 aromatic heterocycles. The maximum Gasteiger partial charge on any atom is 0.0634 e. The smallest absolute Gasteiger partial charge is 0.0634 e. The van der Waals surface area contributed by atoms with Crippen LogP contribution in [-0.2, 0) is 4.74 Å². The molecule has 1 atom stereocenters. The Morgan fingerprint density at radius 1 is 1.32 bits per heavy atom. The molecule has 0 aromatic rings. The number of methoxy groups -OCH3 is 1. The molecule has 1 aliphatic heterocycles. The molecule has 114 valence electrons. The number of nitrogens with zero attached hydrogens (tertiary/aromatic N) is 1. The second-order valence-corrected chi connectivity index (χ2v) is 6.64. The fourth-order valence-electron chi connectivity index (χ4n) is 2.74. The van der Waals surface area contributed by atoms with E-state index in [-0.39, 0.29) is 5.60 Å². The van der Waals surface area contributed by atoms with Gasteiger partial charge in [0.25, 0.3) is 0 Å². The van der Waals surface area contributed by atoms with E-state index in [2.05, 4.69) is 37.9 Å². The molecule has 1 unspecified atom stereocenters. The highest BCUT2D eigenvalue weighted by molar-refractivity contribution is 4.80. The van der Waals surface area contributed by atoms with Gasteiger partial charge in [-0.05, 0) is 72.0 Å². The van der Waals surface area contributed by atoms with Crippen LogP contribution in [0.3, 0.4) is 0 Å². The summed E-state index contributed by atoms with van der Waals surface area (Å²) < 4.78 is 5.50. The average Bonchev–Trinajstić information content (AvgIpc) is 2.43. The third kappa shape index (κ3) is 6.24. The predicted octanol–water partition coefficient (Wildman–Crippen LogP) is 2.90. The Labute approximate surface area is 120 Å². The number of ether oxygens (including phenoxy) is 1. The lowest BCUT2D eigenvalue weighted by molar-refractivity contribution is 0.00441. The maximum absolute atomic E-state index is 5.50. The Balaban J connectivity index is 2.21. The van der Waals surface area contributed by atoms with Crippen LogP contribution in [0.25, 0.3) is 0 Å². The molecule has 0 aliphatic carbocycles. The van der Waals surface area contributed by atoms with Crippen molar-refractivity contribution in [2.24, 2.45) is 5.92 Å². The second kappa shape index (κ2) is 8.23. The van der Waals surface area contributed by atoms with E-state index in [1.807, 2.05) is 7.11 Å². The van der Waals surface area contributed by atoms with Crippen LogP contribution in [0.5, 0.6) is 0 Å². The van der Waals surface area contributed by atoms with E-state index in [4.69, 9.17) is 4.74 Å². The van der Waals surface area contributed by atoms with Crippen molar-refractivity contribution in [3.8, 4) is 0 Å². The molecule has 1 saturated heterocycles. The molecule has 3 heteroatoms. The minimum absolute atomic E-state index is 0.0207. The highest BCUT2D eigenvalue weighted by Crippen LogP contribution is 2.22. The van der Waals surface area contributed by atoms with Gasteiger partial charge in [0.2, 0.25) is 0 Å². The molecule has 0 saturated carbocycles. The third-order valence-electron chi connectivity index (χ3n) is 4.64. The largest absolute Gasteiger partial charge is 0.379 e. The van der Waals surface area contributed by atoms with Crippen molar-refractivity contribution in [2.75, 3.05) is 33.3 Å². The lowest BCUT2D eigenvalue weighted by Gasteiger charge is -2.36. The summed E-state index contributed by atoms with van der Waals surface area (Å²) in [7, 11) is 1.81. The predicted molar refractivity (Wildman–Crippen MR) is 82.6 cm³/mol. The Kier molecular flexibility index (Phi) is 7.33. The quantitative estimate of drug-likeness (QED) is 0.734. The first kappa shape index (κ1) is 16.9. The lowest BCUT2D eigenvalue weighted by Crippen LogP contribution is -2.43. The summed E-state index contributed by atoms with van der Waals surface area (Å²) in [5.41, 5.74) is 0.0207. The highest BCUT2D eigenvalue weighted by atomic mass is 16.5. The molecule has 1 fully saturated rings. The summed E-state index contributed by atoms with van der Waals surface area (Å²) in [6, 6.07) is 0.678. The van der Waals surface area contributed by atoms with Crippen LogP contribution in [0, 0.1) is 5.92 Å². The summed E-state index contributed by atoms with van der Waals surface area (Å²) in [4.78, 5) is 2.60. The van der Waals surface area contributed by atoms with Crippen LogP contribution in [0.15, 0.2) is 0 Å². The van der Waals surface area contributed by atoms with Crippen LogP contribution >= 0.6 is 0 Å². The third-order valence-corrected chi connectivity index (χ3v) is 4.64. The maximum atomic E-state index is 5.50. The summed E-state index contributed by atoms with van der Waals surface area (Å²) in [6.07, 6.45) is 5.03. The summed E-state index contributed by atoms with van der Waals surface area (Å²) >= 11 is 0. The van der Waals surface area contributed by atoms with Gasteiger partial charge in [-0.3, -0.25) is 0 Å². The minimum Gasteiger partial charge on any atom is -0.379 e. The van der Waals surface area contributed by atoms with E-state index in [0.29, 0.717) is 6.04 Å². The van der Waals surface area contributed by atoms with Crippen molar-refractivity contribution >= 4 is 0 Å². The molecule has 0 radical (unpaired) electrons. The number of piperidine rings is 1. The molecule has 19 heavy (non-hydrogen) atoms. The van der Waals surface area contributed by atoms with Gasteiger partial charge in [0, 0.05) is 19.7 Å². The Hall–Kier alpha value is -0.120. The number of hydrogen-bond acceptors (Lipinski definition) is 3. The molecular weight excluding hydrogens is 236 g/mol. The van der Waals surface area contributed by atoms with E-state index in [9.17, 15) is 0 Å². The van der Waals surface area contributed by atoms with Gasteiger partial charge in [-0.25, -0.2) is 0 Å². The van der Waals surface area contributed by atoms with Crippen LogP contribution in [0.2, 0.25) is 0 Å². The van der Waals surface area contributed by atoms with Gasteiger partial charge in [-0.2, -0.15) is 0 Å². The molecule has 3 nitrogen and oxygen atoms in total. The SMILES string of the molecule is CCCNC(C)C1CCN(CCC(C)(C)OC)CC1. The van der Waals surface area contributed by atoms with E-state index in [0.717, 1.165) is 18.9 Å². The van der Waals surface area contributed by atoms with Gasteiger partial charge in [0.15, 0.2) is 0 Å². The van der Waals surface area contributed by atoms with Crippen LogP contribution in [0.4, 0.5) is 0 Å². The Morgan fingerprint density at radius 3 is 2.47 bits per heavy atom. The number of likely N-dealkylation sites (tertiary alicyclic amines) is 1. The van der Waals surface area contributed by atoms with Crippen molar-refractivity contribution in [3.05, 3.63) is 0 Å². The normalized spacial score (nSPS) is 20.7. The van der Waals surface area contributed by atoms with Crippen molar-refractivity contribution < 1.29 is 4.74 Å². The fourth-order valence-corrected chi connectivity index (χ4v) is 2.74. The van der Waals surface area contributed by atoms with Crippen LogP contribution in [-0.4, -0.2) is 49.8 Å². The van der Waals surface area contributed by atoms with Crippen LogP contribution < -0.4 is 5.32 Å². The molecule has 0 aromatic carbocycles. The first-order valence-electron chi connectivity index (χ1n) is 7.99. The van der Waals surface area contributed by atoms with E-state index in [1.165, 1.54) is 38.9 Å². The van der Waals surface area contributed by atoms with Gasteiger partial charge in [0.1, 0.15) is 0 Å². The first-order chi connectivity index (χ1) is 8.98. The molecule has 0 spiro atoms. The fraction of sp³-hybridized carbons (Fsp3) is 1.00. The zero-order valence-corrected chi connectivity index (χ0v) is 13.7. The topological polar surface area (TPSA) is 24.5 Å². The van der Waals surface area contributed by atoms with Crippen molar-refractivity contribution in [3.63, 3.8) is 0 Å². The zero-order valence-electron chi connectivity index (χ0n) is 13.7. The van der Waals surface area contributed by atoms with Gasteiger partial charge in [0.05, 0.1) is 5.60 Å². The van der Waals surface area contributed by atoms with Gasteiger partial charge < -0.3 is 15.0 Å². The lowest BCUT2D eigenvalue weighted by atomic mass is 9.90. The van der Waals surface area contributed by atoms with E-state index >= 15 is 0 Å². The Morgan fingerprint density at radius 2 is 1.95 bits per heavy atom. The number of hydrogen-bond donors (Lipinski definition) is 1. The van der Waals surface area contributed by atoms with Crippen molar-refractivity contribution in [2.45, 2.75) is 65.0 Å². The van der Waals surface area contributed by atoms with Gasteiger partial charge in [-0.1, -0.05) is 6.92 Å². The molecule has 1 heterocycles. The summed E-state index contributed by atoms with van der Waals surface area (Å²) in [5.74, 6) is 0.859. The first-order valence-corrected chi connectivity index (χ1v) is 7.99. The molecule has 1 aliphatic rings. The molecular formula is C16H34N2O. The zero-order chi connectivity index (χ0) is 14.3. The highest BCUT2D eigenvalue weighted by Gasteiger charge is 2.25. The standard InChI is InChI=1S/C16H34N2O/c1-6-10-17-14(2)15-7-11-18(12-8-15)13-9-16(3,4)19-5/h14-15,17H,6-13H2,1-5H3. The average molecular weight is 270 g/mol. The number of nitrogens with one attached hydrogen (secondary N) is 1. The molecule has 0 bridgehead atoms. The van der Waals surface area contributed by atoms with Crippen molar-refractivity contribution in [1.82, 2.24) is 10.2 Å². The van der Waals surface area contributed by atoms with Crippen molar-refractivity contribution in [1.29, 1.82) is 0 Å². The molecule has 1 N–H and O–H groups in total. The number of rotatable bonds is 8. The van der Waals surface area contributed by atoms with E-state index in [1.54, 1.807) is 0 Å². The minimum atomic E-state index is 0.0207. The summed E-state index contributed by atoms with van der Waals surface area (Å²) in [6.45, 7) is 13.8. The monoisotopic (exact) mass is 270 g/mol. The van der Waals surface area contributed by atoms with Gasteiger partial charge >= 0.3 is 0 Å². The summed E-state index contributed by atoms with van der Waals surface area (Å²) in [5, 5.41) is 3.64. The Bertz CT molecular complexity index is 235. The van der Waals surface area contributed by atoms with Crippen LogP contribution in [0.1, 0.15) is 53.4 Å². The van der Waals surface area contributed by atoms with Gasteiger partial charge in [-0.15, -0.1) is 0 Å². The molecule has 0 amide bonds. The second-order valence-electron chi connectivity index (χ2n) is 6.64. The molecule has 1 rings (SSSR count).